The molecular formula is C26H39NO3. The third-order valence-corrected chi connectivity index (χ3v) is 10.8. The van der Waals surface area contributed by atoms with E-state index in [4.69, 9.17) is 4.84 Å². The van der Waals surface area contributed by atoms with Gasteiger partial charge in [-0.2, -0.15) is 0 Å². The van der Waals surface area contributed by atoms with Crippen molar-refractivity contribution in [2.75, 3.05) is 7.11 Å². The van der Waals surface area contributed by atoms with Crippen LogP contribution in [0.1, 0.15) is 85.0 Å². The van der Waals surface area contributed by atoms with E-state index in [1.165, 1.54) is 44.1 Å². The first-order valence-corrected chi connectivity index (χ1v) is 12.3. The molecule has 4 nitrogen and oxygen atoms in total. The van der Waals surface area contributed by atoms with Gasteiger partial charge in [-0.3, -0.25) is 4.79 Å². The Kier molecular flexibility index (Phi) is 4.78. The molecule has 0 bridgehead atoms. The highest BCUT2D eigenvalue weighted by molar-refractivity contribution is 6.02. The van der Waals surface area contributed by atoms with Crippen LogP contribution < -0.4 is 0 Å². The van der Waals surface area contributed by atoms with Gasteiger partial charge >= 0.3 is 0 Å². The number of hydrogen-bond donors (Lipinski definition) is 1. The highest BCUT2D eigenvalue weighted by Gasteiger charge is 2.69. The minimum atomic E-state index is -0.365. The fourth-order valence-corrected chi connectivity index (χ4v) is 9.55. The summed E-state index contributed by atoms with van der Waals surface area (Å²) >= 11 is 0. The third kappa shape index (κ3) is 2.49. The Labute approximate surface area is 181 Å². The Bertz CT molecular complexity index is 802. The van der Waals surface area contributed by atoms with Crippen LogP contribution in [0.4, 0.5) is 0 Å². The molecule has 5 aliphatic rings. The standard InChI is InChI=1S/C26H39NO3/c1-16(28)26-10-6-5-7-17(26)13-21-19-15-23(27-30-4)22-14-18(29)8-11-24(22,2)20(19)9-12-25(21,26)3/h14,17-21,29H,5-13,15H2,1-4H3/b27-23+/t17-,18+,19?,20?,21?,24-,25+,26+/m1/s1. The van der Waals surface area contributed by atoms with Crippen LogP contribution in [0, 0.1) is 39.9 Å². The largest absolute Gasteiger partial charge is 0.399 e. The van der Waals surface area contributed by atoms with Crippen LogP contribution in [0.25, 0.3) is 0 Å². The summed E-state index contributed by atoms with van der Waals surface area (Å²) in [5, 5.41) is 14.9. The molecule has 0 saturated heterocycles. The predicted molar refractivity (Wildman–Crippen MR) is 118 cm³/mol. The Hall–Kier alpha value is -1.16. The number of aliphatic hydroxyl groups is 1. The quantitative estimate of drug-likeness (QED) is 0.625. The Balaban J connectivity index is 1.59. The number of rotatable bonds is 2. The molecule has 166 valence electrons. The van der Waals surface area contributed by atoms with E-state index in [9.17, 15) is 9.90 Å². The molecule has 0 aromatic rings. The van der Waals surface area contributed by atoms with Crippen molar-refractivity contribution >= 4 is 11.5 Å². The predicted octanol–water partition coefficient (Wildman–Crippen LogP) is 5.30. The molecule has 0 aromatic carbocycles. The molecule has 0 spiro atoms. The number of nitrogens with zero attached hydrogens (tertiary/aromatic N) is 1. The molecule has 4 heteroatoms. The van der Waals surface area contributed by atoms with E-state index in [2.05, 4.69) is 25.1 Å². The maximum atomic E-state index is 13.2. The summed E-state index contributed by atoms with van der Waals surface area (Å²) in [6, 6.07) is 0. The summed E-state index contributed by atoms with van der Waals surface area (Å²) in [6.45, 7) is 6.78. The van der Waals surface area contributed by atoms with Gasteiger partial charge in [-0.05, 0) is 98.4 Å². The highest BCUT2D eigenvalue weighted by Crippen LogP contribution is 2.73. The van der Waals surface area contributed by atoms with Crippen LogP contribution in [-0.4, -0.2) is 29.8 Å². The fraction of sp³-hybridized carbons (Fsp3) is 0.846. The lowest BCUT2D eigenvalue weighted by Gasteiger charge is -2.60. The maximum absolute atomic E-state index is 13.2. The minimum absolute atomic E-state index is 0.0674. The molecule has 8 atom stereocenters. The summed E-state index contributed by atoms with van der Waals surface area (Å²) in [7, 11) is 1.64. The van der Waals surface area contributed by atoms with Gasteiger partial charge in [0.15, 0.2) is 0 Å². The summed E-state index contributed by atoms with van der Waals surface area (Å²) in [5.74, 6) is 2.81. The van der Waals surface area contributed by atoms with E-state index in [1.807, 2.05) is 6.92 Å². The number of hydrogen-bond acceptors (Lipinski definition) is 4. The molecule has 1 N–H and O–H groups in total. The zero-order chi connectivity index (χ0) is 21.3. The first-order chi connectivity index (χ1) is 14.3. The van der Waals surface area contributed by atoms with Gasteiger partial charge in [0.05, 0.1) is 11.8 Å². The van der Waals surface area contributed by atoms with Crippen molar-refractivity contribution in [2.45, 2.75) is 91.1 Å². The molecule has 0 radical (unpaired) electrons. The second-order valence-corrected chi connectivity index (χ2v) is 11.6. The molecule has 0 heterocycles. The Morgan fingerprint density at radius 2 is 1.93 bits per heavy atom. The minimum Gasteiger partial charge on any atom is -0.399 e. The SMILES string of the molecule is CO/N=C1\CC2C(CC[C@@]3(C)C2C[C@H]2CCCC[C@]23C(C)=O)[C@@]2(C)CC[C@H](O)C=C12. The zero-order valence-corrected chi connectivity index (χ0v) is 19.2. The van der Waals surface area contributed by atoms with Gasteiger partial charge in [-0.15, -0.1) is 0 Å². The smallest absolute Gasteiger partial charge is 0.136 e. The Morgan fingerprint density at radius 3 is 2.67 bits per heavy atom. The monoisotopic (exact) mass is 413 g/mol. The van der Waals surface area contributed by atoms with Gasteiger partial charge in [-0.1, -0.05) is 37.9 Å². The number of aliphatic hydroxyl groups excluding tert-OH is 1. The van der Waals surface area contributed by atoms with Gasteiger partial charge in [0.25, 0.3) is 0 Å². The third-order valence-electron chi connectivity index (χ3n) is 10.8. The molecule has 0 aromatic heterocycles. The number of ketones is 1. The van der Waals surface area contributed by atoms with Gasteiger partial charge < -0.3 is 9.94 Å². The topological polar surface area (TPSA) is 58.9 Å². The second-order valence-electron chi connectivity index (χ2n) is 11.6. The molecular weight excluding hydrogens is 374 g/mol. The van der Waals surface area contributed by atoms with Crippen LogP contribution in [0.5, 0.6) is 0 Å². The van der Waals surface area contributed by atoms with E-state index < -0.39 is 0 Å². The number of oxime groups is 1. The molecule has 3 unspecified atom stereocenters. The lowest BCUT2D eigenvalue weighted by atomic mass is 9.43. The highest BCUT2D eigenvalue weighted by atomic mass is 16.6. The summed E-state index contributed by atoms with van der Waals surface area (Å²) in [6.07, 6.45) is 12.9. The van der Waals surface area contributed by atoms with Crippen molar-refractivity contribution in [3.05, 3.63) is 11.6 Å². The Morgan fingerprint density at radius 1 is 1.13 bits per heavy atom. The normalized spacial score (nSPS) is 51.3. The average molecular weight is 414 g/mol. The molecule has 0 aliphatic heterocycles. The molecule has 30 heavy (non-hydrogen) atoms. The van der Waals surface area contributed by atoms with Crippen molar-refractivity contribution in [2.24, 2.45) is 45.1 Å². The van der Waals surface area contributed by atoms with Crippen LogP contribution in [-0.2, 0) is 9.63 Å². The molecule has 4 saturated carbocycles. The van der Waals surface area contributed by atoms with E-state index >= 15 is 0 Å². The number of carbonyl (C=O) groups is 1. The van der Waals surface area contributed by atoms with Crippen molar-refractivity contribution in [3.63, 3.8) is 0 Å². The van der Waals surface area contributed by atoms with Gasteiger partial charge in [0.1, 0.15) is 12.9 Å². The second kappa shape index (κ2) is 6.92. The summed E-state index contributed by atoms with van der Waals surface area (Å²) in [5.41, 5.74) is 2.38. The summed E-state index contributed by atoms with van der Waals surface area (Å²) in [4.78, 5) is 18.5. The maximum Gasteiger partial charge on any atom is 0.136 e. The van der Waals surface area contributed by atoms with Gasteiger partial charge in [0.2, 0.25) is 0 Å². The van der Waals surface area contributed by atoms with E-state index in [0.717, 1.165) is 31.4 Å². The number of Topliss-reactive ketones (excluding diaryl/α,β-unsaturated/α-hetero) is 1. The van der Waals surface area contributed by atoms with E-state index in [-0.39, 0.29) is 22.3 Å². The van der Waals surface area contributed by atoms with Crippen LogP contribution >= 0.6 is 0 Å². The number of carbonyl (C=O) groups excluding carboxylic acids is 1. The van der Waals surface area contributed by atoms with Crippen LogP contribution in [0.15, 0.2) is 16.8 Å². The summed E-state index contributed by atoms with van der Waals surface area (Å²) < 4.78 is 0. The number of allylic oxidation sites excluding steroid dienone is 1. The van der Waals surface area contributed by atoms with E-state index in [0.29, 0.717) is 29.5 Å². The number of fused-ring (bicyclic) bond motifs is 7. The zero-order valence-electron chi connectivity index (χ0n) is 19.2. The van der Waals surface area contributed by atoms with Crippen molar-refractivity contribution in [1.29, 1.82) is 0 Å². The lowest BCUT2D eigenvalue weighted by Crippen LogP contribution is -2.56. The first-order valence-electron chi connectivity index (χ1n) is 12.3. The lowest BCUT2D eigenvalue weighted by molar-refractivity contribution is -0.147. The van der Waals surface area contributed by atoms with Crippen LogP contribution in [0.2, 0.25) is 0 Å². The molecule has 4 fully saturated rings. The van der Waals surface area contributed by atoms with Gasteiger partial charge in [-0.25, -0.2) is 0 Å². The molecule has 5 aliphatic carbocycles. The molecule has 0 amide bonds. The van der Waals surface area contributed by atoms with Crippen molar-refractivity contribution in [1.82, 2.24) is 0 Å². The van der Waals surface area contributed by atoms with Crippen molar-refractivity contribution in [3.8, 4) is 0 Å². The molecule has 5 rings (SSSR count). The fourth-order valence-electron chi connectivity index (χ4n) is 9.55. The van der Waals surface area contributed by atoms with Crippen molar-refractivity contribution < 1.29 is 14.7 Å². The van der Waals surface area contributed by atoms with E-state index in [1.54, 1.807) is 7.11 Å². The first kappa shape index (κ1) is 20.7. The van der Waals surface area contributed by atoms with Crippen LogP contribution in [0.3, 0.4) is 0 Å². The van der Waals surface area contributed by atoms with Gasteiger partial charge in [0, 0.05) is 5.41 Å². The average Bonchev–Trinajstić information content (AvgIpc) is 3.00.